The van der Waals surface area contributed by atoms with Gasteiger partial charge in [-0.25, -0.2) is 0 Å². The van der Waals surface area contributed by atoms with Crippen molar-refractivity contribution in [1.29, 1.82) is 0 Å². The number of aromatic amines is 1. The van der Waals surface area contributed by atoms with E-state index in [1.165, 1.54) is 0 Å². The minimum absolute atomic E-state index is 0.0498. The molecule has 2 aromatic carbocycles. The van der Waals surface area contributed by atoms with Crippen molar-refractivity contribution in [2.24, 2.45) is 11.8 Å². The van der Waals surface area contributed by atoms with Gasteiger partial charge >= 0.3 is 0 Å². The summed E-state index contributed by atoms with van der Waals surface area (Å²) >= 11 is 0. The van der Waals surface area contributed by atoms with Gasteiger partial charge in [-0.15, -0.1) is 0 Å². The number of fused-ring (bicyclic) bond motifs is 3. The molecule has 1 saturated heterocycles. The van der Waals surface area contributed by atoms with E-state index in [-0.39, 0.29) is 17.7 Å². The Hall–Kier alpha value is -3.81. The zero-order valence-corrected chi connectivity index (χ0v) is 18.3. The molecular formula is C25H25N5O3. The maximum atomic E-state index is 13.3. The number of benzene rings is 2. The van der Waals surface area contributed by atoms with Gasteiger partial charge < -0.3 is 20.3 Å². The van der Waals surface area contributed by atoms with E-state index in [0.717, 1.165) is 35.5 Å². The third kappa shape index (κ3) is 3.16. The zero-order valence-electron chi connectivity index (χ0n) is 18.3. The molecule has 1 aliphatic carbocycles. The van der Waals surface area contributed by atoms with Crippen LogP contribution in [0.1, 0.15) is 33.7 Å². The number of carbonyl (C=O) groups excluding carboxylic acids is 2. The van der Waals surface area contributed by atoms with Crippen LogP contribution in [0.3, 0.4) is 0 Å². The first-order valence-corrected chi connectivity index (χ1v) is 11.3. The molecule has 1 spiro atoms. The molecule has 1 saturated carbocycles. The molecular weight excluding hydrogens is 418 g/mol. The quantitative estimate of drug-likeness (QED) is 0.578. The molecule has 2 fully saturated rings. The number of hydrogen-bond donors (Lipinski definition) is 3. The summed E-state index contributed by atoms with van der Waals surface area (Å²) in [6.45, 7) is 1.26. The van der Waals surface area contributed by atoms with Crippen molar-refractivity contribution in [3.63, 3.8) is 0 Å². The van der Waals surface area contributed by atoms with Crippen molar-refractivity contribution in [3.05, 3.63) is 65.9 Å². The molecule has 168 valence electrons. The Morgan fingerprint density at radius 3 is 2.76 bits per heavy atom. The Kier molecular flexibility index (Phi) is 4.43. The Bertz CT molecular complexity index is 1240. The highest BCUT2D eigenvalue weighted by molar-refractivity contribution is 6.02. The van der Waals surface area contributed by atoms with E-state index in [4.69, 9.17) is 4.74 Å². The fourth-order valence-electron chi connectivity index (χ4n) is 5.64. The molecule has 0 bridgehead atoms. The lowest BCUT2D eigenvalue weighted by molar-refractivity contribution is 0.0762. The van der Waals surface area contributed by atoms with Crippen molar-refractivity contribution >= 4 is 17.5 Å². The number of amides is 2. The van der Waals surface area contributed by atoms with Crippen LogP contribution in [0, 0.1) is 11.8 Å². The number of nitrogens with one attached hydrogen (secondary N) is 3. The first-order chi connectivity index (χ1) is 16.1. The number of hydrogen-bond acceptors (Lipinski definition) is 5. The molecule has 8 heteroatoms. The van der Waals surface area contributed by atoms with Crippen LogP contribution in [0.2, 0.25) is 0 Å². The summed E-state index contributed by atoms with van der Waals surface area (Å²) in [5.41, 5.74) is 3.15. The number of likely N-dealkylation sites (tertiary alicyclic amines) is 1. The summed E-state index contributed by atoms with van der Waals surface area (Å²) < 4.78 is 5.21. The number of para-hydroxylation sites is 1. The van der Waals surface area contributed by atoms with Crippen LogP contribution in [-0.2, 0) is 0 Å². The van der Waals surface area contributed by atoms with Crippen LogP contribution in [-0.4, -0.2) is 52.8 Å². The summed E-state index contributed by atoms with van der Waals surface area (Å²) in [5.74, 6) is 1.13. The lowest BCUT2D eigenvalue weighted by Crippen LogP contribution is -2.61. The van der Waals surface area contributed by atoms with E-state index >= 15 is 0 Å². The van der Waals surface area contributed by atoms with Crippen molar-refractivity contribution in [2.75, 3.05) is 25.5 Å². The van der Waals surface area contributed by atoms with Gasteiger partial charge in [0.05, 0.1) is 18.4 Å². The fraction of sp³-hybridized carbons (Fsp3) is 0.320. The average Bonchev–Trinajstić information content (AvgIpc) is 3.56. The Balaban J connectivity index is 1.20. The largest absolute Gasteiger partial charge is 0.497 e. The van der Waals surface area contributed by atoms with Gasteiger partial charge in [-0.05, 0) is 66.8 Å². The van der Waals surface area contributed by atoms with Crippen LogP contribution in [0.5, 0.6) is 5.75 Å². The van der Waals surface area contributed by atoms with Crippen molar-refractivity contribution in [1.82, 2.24) is 20.4 Å². The topological polar surface area (TPSA) is 99.3 Å². The molecule has 3 N–H and O–H groups in total. The number of anilines is 1. The van der Waals surface area contributed by atoms with E-state index in [2.05, 4.69) is 20.8 Å². The minimum Gasteiger partial charge on any atom is -0.497 e. The lowest BCUT2D eigenvalue weighted by Gasteiger charge is -2.41. The summed E-state index contributed by atoms with van der Waals surface area (Å²) in [4.78, 5) is 27.9. The van der Waals surface area contributed by atoms with E-state index in [1.54, 1.807) is 13.2 Å². The fourth-order valence-corrected chi connectivity index (χ4v) is 5.64. The highest BCUT2D eigenvalue weighted by atomic mass is 16.5. The number of H-pyrrole nitrogens is 1. The van der Waals surface area contributed by atoms with Crippen LogP contribution < -0.4 is 15.4 Å². The molecule has 2 aliphatic heterocycles. The average molecular weight is 444 g/mol. The van der Waals surface area contributed by atoms with Crippen molar-refractivity contribution < 1.29 is 14.3 Å². The molecule has 8 nitrogen and oxygen atoms in total. The Morgan fingerprint density at radius 1 is 1.12 bits per heavy atom. The first-order valence-electron chi connectivity index (χ1n) is 11.3. The predicted molar refractivity (Wildman–Crippen MR) is 123 cm³/mol. The van der Waals surface area contributed by atoms with E-state index in [9.17, 15) is 9.59 Å². The van der Waals surface area contributed by atoms with E-state index in [1.807, 2.05) is 53.4 Å². The molecule has 3 heterocycles. The standard InChI is InChI=1S/C25H25N5O3/c1-33-17-8-6-15(7-9-17)21-12-22(29-28-21)24(32)30-13-16-10-11-25(19(16)14-30)26-20-5-3-2-4-18(20)23(31)27-25/h2-9,12,16,19,26H,10-11,13-14H2,1H3,(H,27,31)(H,28,29)/t16-,19+,25+/m1/s1. The third-order valence-corrected chi connectivity index (χ3v) is 7.33. The summed E-state index contributed by atoms with van der Waals surface area (Å²) in [5, 5.41) is 14.1. The van der Waals surface area contributed by atoms with Gasteiger partial charge in [-0.2, -0.15) is 5.10 Å². The Morgan fingerprint density at radius 2 is 1.94 bits per heavy atom. The highest BCUT2D eigenvalue weighted by Gasteiger charge is 2.55. The van der Waals surface area contributed by atoms with E-state index < -0.39 is 5.66 Å². The SMILES string of the molecule is COc1ccc(-c2cc(C(=O)N3C[C@H]4CC[C@]5(NC(=O)c6ccccc6N5)[C@H]4C3)n[nH]2)cc1. The minimum atomic E-state index is -0.509. The maximum Gasteiger partial charge on any atom is 0.274 e. The molecule has 0 unspecified atom stereocenters. The van der Waals surface area contributed by atoms with Crippen LogP contribution in [0.4, 0.5) is 5.69 Å². The van der Waals surface area contributed by atoms with Crippen LogP contribution in [0.25, 0.3) is 11.3 Å². The van der Waals surface area contributed by atoms with Crippen LogP contribution in [0.15, 0.2) is 54.6 Å². The second-order valence-electron chi connectivity index (χ2n) is 9.11. The van der Waals surface area contributed by atoms with Gasteiger partial charge in [0.25, 0.3) is 11.8 Å². The number of aromatic nitrogens is 2. The molecule has 2 amide bonds. The molecule has 3 aromatic rings. The molecule has 6 rings (SSSR count). The zero-order chi connectivity index (χ0) is 22.6. The molecule has 1 aromatic heterocycles. The smallest absolute Gasteiger partial charge is 0.274 e. The van der Waals surface area contributed by atoms with Gasteiger partial charge in [-0.3, -0.25) is 14.7 Å². The van der Waals surface area contributed by atoms with Gasteiger partial charge in [0.2, 0.25) is 0 Å². The number of ether oxygens (including phenoxy) is 1. The predicted octanol–water partition coefficient (Wildman–Crippen LogP) is 3.12. The highest BCUT2D eigenvalue weighted by Crippen LogP contribution is 2.47. The molecule has 0 radical (unpaired) electrons. The van der Waals surface area contributed by atoms with Crippen molar-refractivity contribution in [2.45, 2.75) is 18.5 Å². The number of methoxy groups -OCH3 is 1. The van der Waals surface area contributed by atoms with Crippen molar-refractivity contribution in [3.8, 4) is 17.0 Å². The van der Waals surface area contributed by atoms with E-state index in [0.29, 0.717) is 30.3 Å². The number of carbonyl (C=O) groups is 2. The second-order valence-corrected chi connectivity index (χ2v) is 9.11. The second kappa shape index (κ2) is 7.37. The lowest BCUT2D eigenvalue weighted by atomic mass is 9.89. The number of nitrogens with zero attached hydrogens (tertiary/aromatic N) is 2. The third-order valence-electron chi connectivity index (χ3n) is 7.33. The number of rotatable bonds is 3. The monoisotopic (exact) mass is 443 g/mol. The van der Waals surface area contributed by atoms with Gasteiger partial charge in [0.15, 0.2) is 5.69 Å². The summed E-state index contributed by atoms with van der Waals surface area (Å²) in [7, 11) is 1.63. The molecule has 3 aliphatic rings. The van der Waals surface area contributed by atoms with Gasteiger partial charge in [0.1, 0.15) is 11.4 Å². The normalized spacial score (nSPS) is 25.4. The molecule has 33 heavy (non-hydrogen) atoms. The van der Waals surface area contributed by atoms with Gasteiger partial charge in [0, 0.05) is 24.7 Å². The maximum absolute atomic E-state index is 13.3. The van der Waals surface area contributed by atoms with Crippen LogP contribution >= 0.6 is 0 Å². The Labute approximate surface area is 191 Å². The summed E-state index contributed by atoms with van der Waals surface area (Å²) in [6.07, 6.45) is 1.82. The van der Waals surface area contributed by atoms with Gasteiger partial charge in [-0.1, -0.05) is 12.1 Å². The first kappa shape index (κ1) is 19.8. The molecule has 3 atom stereocenters. The summed E-state index contributed by atoms with van der Waals surface area (Å²) in [6, 6.07) is 17.0.